The van der Waals surface area contributed by atoms with Crippen molar-refractivity contribution in [3.8, 4) is 5.75 Å². The summed E-state index contributed by atoms with van der Waals surface area (Å²) in [5.74, 6) is 0.188. The average Bonchev–Trinajstić information content (AvgIpc) is 2.40. The van der Waals surface area contributed by atoms with Gasteiger partial charge in [-0.05, 0) is 32.2 Å². The van der Waals surface area contributed by atoms with Gasteiger partial charge >= 0.3 is 0 Å². The minimum Gasteiger partial charge on any atom is -0.493 e. The number of benzene rings is 1. The molecule has 6 heteroatoms. The van der Waals surface area contributed by atoms with Crippen LogP contribution in [0.2, 0.25) is 0 Å². The van der Waals surface area contributed by atoms with Gasteiger partial charge < -0.3 is 20.9 Å². The summed E-state index contributed by atoms with van der Waals surface area (Å²) in [5.41, 5.74) is 6.60. The molecule has 20 heavy (non-hydrogen) atoms. The standard InChI is InChI=1S/C14H22N2O3S/c1-4-19-11-7-5-6-10(15)13(11)14(18)16-9(2)12(8-17)20-3/h5-7,9,12,17H,4,8,15H2,1-3H3,(H,16,18). The number of nitrogen functional groups attached to an aromatic ring is 1. The number of nitrogens with two attached hydrogens (primary N) is 1. The van der Waals surface area contributed by atoms with E-state index in [0.29, 0.717) is 23.6 Å². The van der Waals surface area contributed by atoms with Gasteiger partial charge in [0.05, 0.1) is 13.2 Å². The first-order valence-electron chi connectivity index (χ1n) is 6.50. The number of ether oxygens (including phenoxy) is 1. The fourth-order valence-corrected chi connectivity index (χ4v) is 2.50. The Labute approximate surface area is 123 Å². The molecule has 0 spiro atoms. The van der Waals surface area contributed by atoms with E-state index in [-0.39, 0.29) is 23.8 Å². The van der Waals surface area contributed by atoms with Gasteiger partial charge in [-0.3, -0.25) is 4.79 Å². The maximum Gasteiger partial charge on any atom is 0.257 e. The van der Waals surface area contributed by atoms with Crippen LogP contribution in [0.1, 0.15) is 24.2 Å². The zero-order chi connectivity index (χ0) is 15.1. The molecule has 0 heterocycles. The quantitative estimate of drug-likeness (QED) is 0.665. The molecule has 2 atom stereocenters. The molecule has 0 aliphatic carbocycles. The smallest absolute Gasteiger partial charge is 0.257 e. The lowest BCUT2D eigenvalue weighted by Crippen LogP contribution is -2.41. The minimum atomic E-state index is -0.286. The van der Waals surface area contributed by atoms with Gasteiger partial charge in [-0.1, -0.05) is 6.07 Å². The topological polar surface area (TPSA) is 84.6 Å². The predicted molar refractivity (Wildman–Crippen MR) is 83.3 cm³/mol. The highest BCUT2D eigenvalue weighted by atomic mass is 32.2. The molecule has 1 rings (SSSR count). The van der Waals surface area contributed by atoms with Crippen molar-refractivity contribution >= 4 is 23.4 Å². The lowest BCUT2D eigenvalue weighted by Gasteiger charge is -2.22. The molecule has 0 saturated heterocycles. The monoisotopic (exact) mass is 298 g/mol. The van der Waals surface area contributed by atoms with Gasteiger partial charge in [0.15, 0.2) is 0 Å². The van der Waals surface area contributed by atoms with Crippen LogP contribution in [-0.4, -0.2) is 41.8 Å². The van der Waals surface area contributed by atoms with Crippen molar-refractivity contribution in [1.29, 1.82) is 0 Å². The summed E-state index contributed by atoms with van der Waals surface area (Å²) in [6.07, 6.45) is 1.89. The van der Waals surface area contributed by atoms with Crippen LogP contribution < -0.4 is 15.8 Å². The zero-order valence-corrected chi connectivity index (χ0v) is 12.9. The first-order chi connectivity index (χ1) is 9.54. The van der Waals surface area contributed by atoms with Crippen LogP contribution in [0.3, 0.4) is 0 Å². The number of aliphatic hydroxyl groups is 1. The Morgan fingerprint density at radius 2 is 2.25 bits per heavy atom. The van der Waals surface area contributed by atoms with Gasteiger partial charge in [-0.2, -0.15) is 11.8 Å². The van der Waals surface area contributed by atoms with E-state index in [4.69, 9.17) is 10.5 Å². The molecule has 1 aromatic carbocycles. The molecule has 0 bridgehead atoms. The van der Waals surface area contributed by atoms with E-state index >= 15 is 0 Å². The summed E-state index contributed by atoms with van der Waals surface area (Å²) in [7, 11) is 0. The Bertz CT molecular complexity index is 450. The third-order valence-electron chi connectivity index (χ3n) is 2.98. The van der Waals surface area contributed by atoms with Crippen molar-refractivity contribution in [3.63, 3.8) is 0 Å². The number of rotatable bonds is 7. The molecule has 0 aliphatic rings. The Balaban J connectivity index is 2.92. The SMILES string of the molecule is CCOc1cccc(N)c1C(=O)NC(C)C(CO)SC. The normalized spacial score (nSPS) is 13.6. The summed E-state index contributed by atoms with van der Waals surface area (Å²) < 4.78 is 5.44. The molecule has 1 amide bonds. The van der Waals surface area contributed by atoms with Crippen molar-refractivity contribution in [2.75, 3.05) is 25.2 Å². The Morgan fingerprint density at radius 3 is 2.80 bits per heavy atom. The first-order valence-corrected chi connectivity index (χ1v) is 7.79. The molecule has 4 N–H and O–H groups in total. The van der Waals surface area contributed by atoms with Gasteiger partial charge in [-0.25, -0.2) is 0 Å². The summed E-state index contributed by atoms with van der Waals surface area (Å²) >= 11 is 1.51. The first kappa shape index (κ1) is 16.7. The number of nitrogens with one attached hydrogen (secondary N) is 1. The largest absolute Gasteiger partial charge is 0.493 e. The van der Waals surface area contributed by atoms with Crippen LogP contribution in [0.4, 0.5) is 5.69 Å². The fourth-order valence-electron chi connectivity index (χ4n) is 1.88. The second-order valence-corrected chi connectivity index (χ2v) is 5.45. The van der Waals surface area contributed by atoms with E-state index < -0.39 is 0 Å². The third-order valence-corrected chi connectivity index (χ3v) is 4.15. The number of hydrogen-bond donors (Lipinski definition) is 3. The highest BCUT2D eigenvalue weighted by Crippen LogP contribution is 2.25. The Kier molecular flexibility index (Phi) is 6.67. The van der Waals surface area contributed by atoms with E-state index in [2.05, 4.69) is 5.32 Å². The van der Waals surface area contributed by atoms with E-state index in [1.165, 1.54) is 11.8 Å². The second kappa shape index (κ2) is 8.01. The molecule has 112 valence electrons. The molecule has 5 nitrogen and oxygen atoms in total. The lowest BCUT2D eigenvalue weighted by molar-refractivity contribution is 0.0933. The molecule has 0 radical (unpaired) electrons. The van der Waals surface area contributed by atoms with Gasteiger partial charge in [-0.15, -0.1) is 0 Å². The van der Waals surface area contributed by atoms with E-state index in [0.717, 1.165) is 0 Å². The molecule has 0 aromatic heterocycles. The van der Waals surface area contributed by atoms with Crippen molar-refractivity contribution in [3.05, 3.63) is 23.8 Å². The predicted octanol–water partition coefficient (Wildman–Crippen LogP) is 1.51. The Morgan fingerprint density at radius 1 is 1.55 bits per heavy atom. The summed E-state index contributed by atoms with van der Waals surface area (Å²) in [6.45, 7) is 4.17. The number of carbonyl (C=O) groups is 1. The van der Waals surface area contributed by atoms with Crippen molar-refractivity contribution in [2.45, 2.75) is 25.1 Å². The van der Waals surface area contributed by atoms with Crippen molar-refractivity contribution in [2.24, 2.45) is 0 Å². The molecule has 1 aromatic rings. The number of anilines is 1. The van der Waals surface area contributed by atoms with E-state index in [1.807, 2.05) is 20.1 Å². The van der Waals surface area contributed by atoms with Gasteiger partial charge in [0, 0.05) is 17.0 Å². The van der Waals surface area contributed by atoms with Gasteiger partial charge in [0.25, 0.3) is 5.91 Å². The fraction of sp³-hybridized carbons (Fsp3) is 0.500. The number of hydrogen-bond acceptors (Lipinski definition) is 5. The molecule has 0 saturated carbocycles. The molecular weight excluding hydrogens is 276 g/mol. The van der Waals surface area contributed by atoms with Crippen LogP contribution in [-0.2, 0) is 0 Å². The van der Waals surface area contributed by atoms with Gasteiger partial charge in [0.2, 0.25) is 0 Å². The lowest BCUT2D eigenvalue weighted by atomic mass is 10.1. The molecular formula is C14H22N2O3S. The second-order valence-electron chi connectivity index (χ2n) is 4.37. The molecule has 0 fully saturated rings. The van der Waals surface area contributed by atoms with Crippen LogP contribution in [0.5, 0.6) is 5.75 Å². The number of amides is 1. The minimum absolute atomic E-state index is 0.00516. The summed E-state index contributed by atoms with van der Waals surface area (Å²) in [6, 6.07) is 4.97. The van der Waals surface area contributed by atoms with E-state index in [1.54, 1.807) is 18.2 Å². The van der Waals surface area contributed by atoms with E-state index in [9.17, 15) is 9.90 Å². The number of aliphatic hydroxyl groups excluding tert-OH is 1. The molecule has 2 unspecified atom stereocenters. The zero-order valence-electron chi connectivity index (χ0n) is 12.1. The highest BCUT2D eigenvalue weighted by molar-refractivity contribution is 7.99. The van der Waals surface area contributed by atoms with Crippen molar-refractivity contribution < 1.29 is 14.6 Å². The van der Waals surface area contributed by atoms with Crippen LogP contribution >= 0.6 is 11.8 Å². The third kappa shape index (κ3) is 4.05. The average molecular weight is 298 g/mol. The van der Waals surface area contributed by atoms with Gasteiger partial charge in [0.1, 0.15) is 11.3 Å². The summed E-state index contributed by atoms with van der Waals surface area (Å²) in [5, 5.41) is 12.1. The Hall–Kier alpha value is -1.40. The maximum absolute atomic E-state index is 12.3. The van der Waals surface area contributed by atoms with Crippen LogP contribution in [0.25, 0.3) is 0 Å². The number of thioether (sulfide) groups is 1. The molecule has 0 aliphatic heterocycles. The highest BCUT2D eigenvalue weighted by Gasteiger charge is 2.21. The maximum atomic E-state index is 12.3. The number of carbonyl (C=O) groups excluding carboxylic acids is 1. The van der Waals surface area contributed by atoms with Crippen LogP contribution in [0.15, 0.2) is 18.2 Å². The van der Waals surface area contributed by atoms with Crippen LogP contribution in [0, 0.1) is 0 Å². The van der Waals surface area contributed by atoms with Crippen molar-refractivity contribution in [1.82, 2.24) is 5.32 Å². The summed E-state index contributed by atoms with van der Waals surface area (Å²) in [4.78, 5) is 12.3.